The minimum absolute atomic E-state index is 0.0192. The van der Waals surface area contributed by atoms with E-state index < -0.39 is 24.4 Å². The molecule has 0 bridgehead atoms. The van der Waals surface area contributed by atoms with Crippen LogP contribution in [0.1, 0.15) is 6.92 Å². The van der Waals surface area contributed by atoms with Crippen molar-refractivity contribution in [3.8, 4) is 0 Å². The second-order valence-corrected chi connectivity index (χ2v) is 2.94. The molecular formula is C8H18O5. The molecule has 0 aromatic carbocycles. The number of hydrogen-bond donors (Lipinski definition) is 3. The van der Waals surface area contributed by atoms with Gasteiger partial charge in [-0.15, -0.1) is 0 Å². The highest BCUT2D eigenvalue weighted by molar-refractivity contribution is 4.79. The number of aliphatic hydroxyl groups excluding tert-OH is 3. The molecule has 0 aromatic rings. The van der Waals surface area contributed by atoms with E-state index in [1.54, 1.807) is 6.92 Å². The van der Waals surface area contributed by atoms with E-state index >= 15 is 0 Å². The minimum atomic E-state index is -1.25. The summed E-state index contributed by atoms with van der Waals surface area (Å²) in [6.45, 7) is 1.59. The van der Waals surface area contributed by atoms with E-state index in [-0.39, 0.29) is 6.61 Å². The molecule has 13 heavy (non-hydrogen) atoms. The molecule has 5 heteroatoms. The Bertz CT molecular complexity index is 130. The Hall–Kier alpha value is -0.200. The van der Waals surface area contributed by atoms with Gasteiger partial charge in [0.15, 0.2) is 0 Å². The number of rotatable bonds is 6. The highest BCUT2D eigenvalue weighted by atomic mass is 16.5. The predicted octanol–water partition coefficient (Wildman–Crippen LogP) is -1.25. The first-order chi connectivity index (χ1) is 6.04. The first kappa shape index (κ1) is 12.8. The SMILES string of the molecule is COCC(O)C(O)[C@H](O)C(C)OC. The summed E-state index contributed by atoms with van der Waals surface area (Å²) in [6, 6.07) is 0. The summed E-state index contributed by atoms with van der Waals surface area (Å²) in [6.07, 6.45) is -4.00. The highest BCUT2D eigenvalue weighted by Crippen LogP contribution is 2.07. The van der Waals surface area contributed by atoms with Crippen molar-refractivity contribution in [3.63, 3.8) is 0 Å². The third-order valence-electron chi connectivity index (χ3n) is 1.93. The highest BCUT2D eigenvalue weighted by Gasteiger charge is 2.28. The van der Waals surface area contributed by atoms with Crippen LogP contribution in [-0.4, -0.2) is 60.6 Å². The molecule has 0 saturated heterocycles. The van der Waals surface area contributed by atoms with Crippen LogP contribution in [0.3, 0.4) is 0 Å². The summed E-state index contributed by atoms with van der Waals surface area (Å²) >= 11 is 0. The van der Waals surface area contributed by atoms with Crippen molar-refractivity contribution in [3.05, 3.63) is 0 Å². The fourth-order valence-corrected chi connectivity index (χ4v) is 0.914. The monoisotopic (exact) mass is 194 g/mol. The van der Waals surface area contributed by atoms with Crippen molar-refractivity contribution in [2.45, 2.75) is 31.3 Å². The molecule has 3 N–H and O–H groups in total. The fraction of sp³-hybridized carbons (Fsp3) is 1.00. The summed E-state index contributed by atoms with van der Waals surface area (Å²) in [5.74, 6) is 0. The molecule has 0 spiro atoms. The molecular weight excluding hydrogens is 176 g/mol. The molecule has 0 saturated carbocycles. The van der Waals surface area contributed by atoms with Crippen molar-refractivity contribution in [1.82, 2.24) is 0 Å². The number of ether oxygens (including phenoxy) is 2. The van der Waals surface area contributed by atoms with Gasteiger partial charge in [-0.05, 0) is 6.92 Å². The van der Waals surface area contributed by atoms with Crippen molar-refractivity contribution in [2.24, 2.45) is 0 Å². The lowest BCUT2D eigenvalue weighted by molar-refractivity contribution is -0.121. The van der Waals surface area contributed by atoms with Gasteiger partial charge in [-0.2, -0.15) is 0 Å². The van der Waals surface area contributed by atoms with Crippen molar-refractivity contribution < 1.29 is 24.8 Å². The zero-order valence-corrected chi connectivity index (χ0v) is 8.17. The van der Waals surface area contributed by atoms with Crippen LogP contribution in [0, 0.1) is 0 Å². The maximum absolute atomic E-state index is 9.39. The van der Waals surface area contributed by atoms with E-state index in [1.807, 2.05) is 0 Å². The van der Waals surface area contributed by atoms with Crippen LogP contribution in [0.2, 0.25) is 0 Å². The van der Waals surface area contributed by atoms with Crippen LogP contribution >= 0.6 is 0 Å². The van der Waals surface area contributed by atoms with E-state index in [1.165, 1.54) is 14.2 Å². The standard InChI is InChI=1S/C8H18O5/c1-5(13-3)7(10)8(11)6(9)4-12-2/h5-11H,4H2,1-3H3/t5?,6?,7-,8?/m1/s1. The van der Waals surface area contributed by atoms with Gasteiger partial charge in [0.05, 0.1) is 12.7 Å². The summed E-state index contributed by atoms with van der Waals surface area (Å²) in [5.41, 5.74) is 0. The van der Waals surface area contributed by atoms with E-state index in [0.29, 0.717) is 0 Å². The Labute approximate surface area is 77.9 Å². The quantitative estimate of drug-likeness (QED) is 0.492. The molecule has 3 unspecified atom stereocenters. The Morgan fingerprint density at radius 2 is 1.62 bits per heavy atom. The van der Waals surface area contributed by atoms with Crippen LogP contribution in [-0.2, 0) is 9.47 Å². The summed E-state index contributed by atoms with van der Waals surface area (Å²) in [5, 5.41) is 28.0. The Balaban J connectivity index is 3.99. The van der Waals surface area contributed by atoms with Crippen LogP contribution in [0.25, 0.3) is 0 Å². The molecule has 0 rings (SSSR count). The molecule has 0 amide bonds. The van der Waals surface area contributed by atoms with Crippen molar-refractivity contribution in [1.29, 1.82) is 0 Å². The smallest absolute Gasteiger partial charge is 0.110 e. The Morgan fingerprint density at radius 3 is 2.00 bits per heavy atom. The van der Waals surface area contributed by atoms with E-state index in [9.17, 15) is 15.3 Å². The first-order valence-corrected chi connectivity index (χ1v) is 4.10. The number of hydrogen-bond acceptors (Lipinski definition) is 5. The lowest BCUT2D eigenvalue weighted by Crippen LogP contribution is -2.45. The first-order valence-electron chi connectivity index (χ1n) is 4.10. The van der Waals surface area contributed by atoms with Gasteiger partial charge in [-0.25, -0.2) is 0 Å². The maximum Gasteiger partial charge on any atom is 0.110 e. The number of aliphatic hydroxyl groups is 3. The van der Waals surface area contributed by atoms with Crippen LogP contribution in [0.5, 0.6) is 0 Å². The van der Waals surface area contributed by atoms with Gasteiger partial charge in [-0.3, -0.25) is 0 Å². The lowest BCUT2D eigenvalue weighted by atomic mass is 10.0. The lowest BCUT2D eigenvalue weighted by Gasteiger charge is -2.25. The van der Waals surface area contributed by atoms with Crippen LogP contribution in [0.4, 0.5) is 0 Å². The average Bonchev–Trinajstić information content (AvgIpc) is 2.14. The zero-order valence-electron chi connectivity index (χ0n) is 8.17. The Kier molecular flexibility index (Phi) is 6.19. The molecule has 0 aliphatic carbocycles. The molecule has 80 valence electrons. The second kappa shape index (κ2) is 6.28. The summed E-state index contributed by atoms with van der Waals surface area (Å²) < 4.78 is 9.43. The summed E-state index contributed by atoms with van der Waals surface area (Å²) in [4.78, 5) is 0. The van der Waals surface area contributed by atoms with Crippen LogP contribution < -0.4 is 0 Å². The molecule has 0 heterocycles. The molecule has 0 aromatic heterocycles. The fourth-order valence-electron chi connectivity index (χ4n) is 0.914. The largest absolute Gasteiger partial charge is 0.388 e. The van der Waals surface area contributed by atoms with Crippen LogP contribution in [0.15, 0.2) is 0 Å². The third-order valence-corrected chi connectivity index (χ3v) is 1.93. The molecule has 0 aliphatic heterocycles. The van der Waals surface area contributed by atoms with Gasteiger partial charge >= 0.3 is 0 Å². The molecule has 0 fully saturated rings. The maximum atomic E-state index is 9.39. The zero-order chi connectivity index (χ0) is 10.4. The van der Waals surface area contributed by atoms with E-state index in [4.69, 9.17) is 4.74 Å². The van der Waals surface area contributed by atoms with Gasteiger partial charge < -0.3 is 24.8 Å². The molecule has 0 aliphatic rings. The minimum Gasteiger partial charge on any atom is -0.388 e. The van der Waals surface area contributed by atoms with Crippen molar-refractivity contribution in [2.75, 3.05) is 20.8 Å². The Morgan fingerprint density at radius 1 is 1.08 bits per heavy atom. The topological polar surface area (TPSA) is 79.2 Å². The van der Waals surface area contributed by atoms with Gasteiger partial charge in [0.1, 0.15) is 18.3 Å². The molecule has 5 nitrogen and oxygen atoms in total. The van der Waals surface area contributed by atoms with E-state index in [2.05, 4.69) is 4.74 Å². The summed E-state index contributed by atoms with van der Waals surface area (Å²) in [7, 11) is 2.82. The van der Waals surface area contributed by atoms with Gasteiger partial charge in [0.25, 0.3) is 0 Å². The predicted molar refractivity (Wildman–Crippen MR) is 46.4 cm³/mol. The van der Waals surface area contributed by atoms with E-state index in [0.717, 1.165) is 0 Å². The second-order valence-electron chi connectivity index (χ2n) is 2.94. The number of methoxy groups -OCH3 is 2. The third kappa shape index (κ3) is 4.02. The average molecular weight is 194 g/mol. The molecule has 4 atom stereocenters. The van der Waals surface area contributed by atoms with Gasteiger partial charge in [0, 0.05) is 14.2 Å². The van der Waals surface area contributed by atoms with Gasteiger partial charge in [0.2, 0.25) is 0 Å². The normalized spacial score (nSPS) is 20.8. The van der Waals surface area contributed by atoms with Gasteiger partial charge in [-0.1, -0.05) is 0 Å². The molecule has 0 radical (unpaired) electrons. The van der Waals surface area contributed by atoms with Crippen molar-refractivity contribution >= 4 is 0 Å².